The first kappa shape index (κ1) is 19.8. The van der Waals surface area contributed by atoms with Crippen molar-refractivity contribution in [1.82, 2.24) is 4.98 Å². The second-order valence-corrected chi connectivity index (χ2v) is 6.43. The van der Waals surface area contributed by atoms with Gasteiger partial charge < -0.3 is 15.0 Å². The fourth-order valence-corrected chi connectivity index (χ4v) is 2.73. The van der Waals surface area contributed by atoms with Crippen LogP contribution in [0.5, 0.6) is 0 Å². The highest BCUT2D eigenvalue weighted by molar-refractivity contribution is 6.30. The third-order valence-electron chi connectivity index (χ3n) is 3.95. The maximum absolute atomic E-state index is 13.1. The van der Waals surface area contributed by atoms with Gasteiger partial charge in [0.2, 0.25) is 0 Å². The lowest BCUT2D eigenvalue weighted by Gasteiger charge is -2.17. The molecular formula is C19H14ClF3N2O3. The molecule has 0 bridgehead atoms. The molecule has 3 aromatic rings. The monoisotopic (exact) mass is 410 g/mol. The Morgan fingerprint density at radius 2 is 1.86 bits per heavy atom. The van der Waals surface area contributed by atoms with Crippen LogP contribution in [0.3, 0.4) is 0 Å². The van der Waals surface area contributed by atoms with E-state index in [-0.39, 0.29) is 10.7 Å². The lowest BCUT2D eigenvalue weighted by atomic mass is 10.1. The summed E-state index contributed by atoms with van der Waals surface area (Å²) < 4.78 is 44.4. The molecule has 1 amide bonds. The van der Waals surface area contributed by atoms with Gasteiger partial charge in [0.15, 0.2) is 6.10 Å². The highest BCUT2D eigenvalue weighted by Gasteiger charge is 2.34. The van der Waals surface area contributed by atoms with Gasteiger partial charge in [-0.25, -0.2) is 4.79 Å². The largest absolute Gasteiger partial charge is 0.448 e. The van der Waals surface area contributed by atoms with Gasteiger partial charge >= 0.3 is 12.1 Å². The molecule has 3 rings (SSSR count). The molecular weight excluding hydrogens is 397 g/mol. The number of ether oxygens (including phenoxy) is 1. The fourth-order valence-electron chi connectivity index (χ4n) is 2.56. The minimum atomic E-state index is -4.71. The van der Waals surface area contributed by atoms with Gasteiger partial charge in [-0.3, -0.25) is 4.79 Å². The number of carbonyl (C=O) groups is 2. The molecule has 0 saturated carbocycles. The second-order valence-electron chi connectivity index (χ2n) is 5.99. The molecule has 0 spiro atoms. The van der Waals surface area contributed by atoms with Gasteiger partial charge in [-0.1, -0.05) is 29.8 Å². The van der Waals surface area contributed by atoms with E-state index in [0.717, 1.165) is 11.5 Å². The number of anilines is 1. The summed E-state index contributed by atoms with van der Waals surface area (Å²) in [6, 6.07) is 11.7. The normalized spacial score (nSPS) is 12.6. The number of nitrogens with one attached hydrogen (secondary N) is 2. The molecule has 146 valence electrons. The first-order valence-electron chi connectivity index (χ1n) is 8.11. The van der Waals surface area contributed by atoms with Crippen LogP contribution in [0.15, 0.2) is 48.5 Å². The summed E-state index contributed by atoms with van der Waals surface area (Å²) in [7, 11) is 0. The van der Waals surface area contributed by atoms with E-state index in [0.29, 0.717) is 11.6 Å². The van der Waals surface area contributed by atoms with E-state index in [9.17, 15) is 22.8 Å². The van der Waals surface area contributed by atoms with Gasteiger partial charge in [-0.2, -0.15) is 13.2 Å². The Balaban J connectivity index is 1.72. The van der Waals surface area contributed by atoms with Crippen LogP contribution >= 0.6 is 11.6 Å². The number of aromatic nitrogens is 1. The van der Waals surface area contributed by atoms with E-state index >= 15 is 0 Å². The van der Waals surface area contributed by atoms with Crippen molar-refractivity contribution in [2.45, 2.75) is 19.2 Å². The van der Waals surface area contributed by atoms with Crippen LogP contribution in [0.1, 0.15) is 23.0 Å². The molecule has 0 saturated heterocycles. The molecule has 5 nitrogen and oxygen atoms in total. The smallest absolute Gasteiger partial charge is 0.418 e. The summed E-state index contributed by atoms with van der Waals surface area (Å²) in [6.45, 7) is 1.26. The number of amides is 1. The summed E-state index contributed by atoms with van der Waals surface area (Å²) in [5, 5.41) is 2.78. The van der Waals surface area contributed by atoms with Crippen LogP contribution in [0, 0.1) is 0 Å². The SMILES string of the molecule is C[C@H](OC(=O)c1cc2ccccc2[nH]1)C(=O)Nc1ccc(Cl)cc1C(F)(F)F. The number of alkyl halides is 3. The number of rotatable bonds is 4. The Hall–Kier alpha value is -3.00. The van der Waals surface area contributed by atoms with Crippen molar-refractivity contribution in [2.75, 3.05) is 5.32 Å². The lowest BCUT2D eigenvalue weighted by Crippen LogP contribution is -2.30. The van der Waals surface area contributed by atoms with E-state index < -0.39 is 35.4 Å². The third-order valence-corrected chi connectivity index (χ3v) is 4.18. The number of hydrogen-bond donors (Lipinski definition) is 2. The molecule has 0 aliphatic carbocycles. The van der Waals surface area contributed by atoms with Crippen molar-refractivity contribution in [3.63, 3.8) is 0 Å². The third kappa shape index (κ3) is 4.28. The maximum atomic E-state index is 13.1. The Labute approximate surface area is 162 Å². The quantitative estimate of drug-likeness (QED) is 0.593. The zero-order valence-corrected chi connectivity index (χ0v) is 15.2. The topological polar surface area (TPSA) is 71.2 Å². The standard InChI is InChI=1S/C19H14ClF3N2O3/c1-10(28-18(27)16-8-11-4-2-3-5-14(11)24-16)17(26)25-15-7-6-12(20)9-13(15)19(21,22)23/h2-10,24H,1H3,(H,25,26)/t10-/m0/s1. The summed E-state index contributed by atoms with van der Waals surface area (Å²) in [6.07, 6.45) is -6.03. The number of H-pyrrole nitrogens is 1. The number of halogens is 4. The molecule has 9 heteroatoms. The number of hydrogen-bond acceptors (Lipinski definition) is 3. The Morgan fingerprint density at radius 1 is 1.14 bits per heavy atom. The number of benzene rings is 2. The summed E-state index contributed by atoms with van der Waals surface area (Å²) in [5.41, 5.74) is -0.733. The number of carbonyl (C=O) groups excluding carboxylic acids is 2. The van der Waals surface area contributed by atoms with Gasteiger partial charge in [-0.15, -0.1) is 0 Å². The molecule has 0 aliphatic heterocycles. The molecule has 2 aromatic carbocycles. The van der Waals surface area contributed by atoms with Gasteiger partial charge in [0.05, 0.1) is 11.3 Å². The summed E-state index contributed by atoms with van der Waals surface area (Å²) >= 11 is 5.61. The molecule has 2 N–H and O–H groups in total. The van der Waals surface area contributed by atoms with E-state index in [2.05, 4.69) is 10.3 Å². The van der Waals surface area contributed by atoms with Crippen LogP contribution in [0.25, 0.3) is 10.9 Å². The Morgan fingerprint density at radius 3 is 2.54 bits per heavy atom. The Kier molecular flexibility index (Phi) is 5.33. The van der Waals surface area contributed by atoms with Crippen LogP contribution in [-0.2, 0) is 15.7 Å². The molecule has 0 aliphatic rings. The van der Waals surface area contributed by atoms with Crippen LogP contribution < -0.4 is 5.32 Å². The average molecular weight is 411 g/mol. The van der Waals surface area contributed by atoms with E-state index in [4.69, 9.17) is 16.3 Å². The van der Waals surface area contributed by atoms with Crippen molar-refractivity contribution in [2.24, 2.45) is 0 Å². The van der Waals surface area contributed by atoms with Crippen LogP contribution in [0.2, 0.25) is 5.02 Å². The highest BCUT2D eigenvalue weighted by atomic mass is 35.5. The molecule has 1 aromatic heterocycles. The fraction of sp³-hybridized carbons (Fsp3) is 0.158. The van der Waals surface area contributed by atoms with Gasteiger partial charge in [0.1, 0.15) is 5.69 Å². The first-order valence-corrected chi connectivity index (χ1v) is 8.49. The maximum Gasteiger partial charge on any atom is 0.418 e. The number of aromatic amines is 1. The van der Waals surface area contributed by atoms with Crippen LogP contribution in [0.4, 0.5) is 18.9 Å². The van der Waals surface area contributed by atoms with Crippen LogP contribution in [-0.4, -0.2) is 23.0 Å². The minimum Gasteiger partial charge on any atom is -0.448 e. The number of fused-ring (bicyclic) bond motifs is 1. The Bertz CT molecular complexity index is 1010. The molecule has 1 heterocycles. The molecule has 0 radical (unpaired) electrons. The second kappa shape index (κ2) is 7.55. The average Bonchev–Trinajstić information content (AvgIpc) is 3.06. The minimum absolute atomic E-state index is 0.122. The van der Waals surface area contributed by atoms with Gasteiger partial charge in [-0.05, 0) is 37.3 Å². The molecule has 0 unspecified atom stereocenters. The molecule has 1 atom stereocenters. The van der Waals surface area contributed by atoms with Crippen molar-refractivity contribution < 1.29 is 27.5 Å². The molecule has 28 heavy (non-hydrogen) atoms. The van der Waals surface area contributed by atoms with Gasteiger partial charge in [0.25, 0.3) is 5.91 Å². The highest BCUT2D eigenvalue weighted by Crippen LogP contribution is 2.36. The zero-order chi connectivity index (χ0) is 20.5. The van der Waals surface area contributed by atoms with Crippen molar-refractivity contribution in [3.05, 3.63) is 64.8 Å². The van der Waals surface area contributed by atoms with Gasteiger partial charge in [0, 0.05) is 15.9 Å². The van der Waals surface area contributed by atoms with E-state index in [1.54, 1.807) is 30.3 Å². The van der Waals surface area contributed by atoms with Crippen molar-refractivity contribution in [3.8, 4) is 0 Å². The van der Waals surface area contributed by atoms with E-state index in [1.165, 1.54) is 13.0 Å². The molecule has 0 fully saturated rings. The predicted octanol–water partition coefficient (Wildman–Crippen LogP) is 5.02. The van der Waals surface area contributed by atoms with E-state index in [1.807, 2.05) is 0 Å². The predicted molar refractivity (Wildman–Crippen MR) is 98.3 cm³/mol. The number of para-hydroxylation sites is 1. The zero-order valence-electron chi connectivity index (χ0n) is 14.4. The van der Waals surface area contributed by atoms with Crippen molar-refractivity contribution in [1.29, 1.82) is 0 Å². The number of esters is 1. The summed E-state index contributed by atoms with van der Waals surface area (Å²) in [4.78, 5) is 27.3. The lowest BCUT2D eigenvalue weighted by molar-refractivity contribution is -0.137. The summed E-state index contributed by atoms with van der Waals surface area (Å²) in [5.74, 6) is -1.71. The van der Waals surface area contributed by atoms with Crippen molar-refractivity contribution >= 4 is 40.1 Å². The first-order chi connectivity index (χ1) is 13.1.